The second-order valence-corrected chi connectivity index (χ2v) is 5.95. The molecular formula is C15H12BrCl2NO2. The molecular weight excluding hydrogens is 377 g/mol. The van der Waals surface area contributed by atoms with Gasteiger partial charge in [-0.25, -0.2) is 0 Å². The van der Waals surface area contributed by atoms with Crippen molar-refractivity contribution in [3.8, 4) is 5.75 Å². The first-order chi connectivity index (χ1) is 9.99. The zero-order chi connectivity index (χ0) is 15.4. The Bertz CT molecular complexity index is 656. The molecule has 0 aliphatic rings. The summed E-state index contributed by atoms with van der Waals surface area (Å²) >= 11 is 15.3. The Hall–Kier alpha value is -1.23. The lowest BCUT2D eigenvalue weighted by atomic mass is 10.2. The van der Waals surface area contributed by atoms with Crippen LogP contribution in [0.1, 0.15) is 17.3 Å². The number of ether oxygens (including phenoxy) is 1. The molecule has 2 rings (SSSR count). The molecule has 6 heteroatoms. The number of rotatable bonds is 4. The highest BCUT2D eigenvalue weighted by Gasteiger charge is 2.10. The van der Waals surface area contributed by atoms with E-state index in [0.29, 0.717) is 33.7 Å². The highest BCUT2D eigenvalue weighted by Crippen LogP contribution is 2.28. The third kappa shape index (κ3) is 4.37. The summed E-state index contributed by atoms with van der Waals surface area (Å²) in [5, 5.41) is 3.70. The number of hydrogen-bond acceptors (Lipinski definition) is 2. The van der Waals surface area contributed by atoms with Crippen LogP contribution in [0.4, 0.5) is 5.69 Å². The van der Waals surface area contributed by atoms with Crippen LogP contribution in [0.25, 0.3) is 0 Å². The smallest absolute Gasteiger partial charge is 0.255 e. The van der Waals surface area contributed by atoms with Gasteiger partial charge in [0.05, 0.1) is 11.6 Å². The van der Waals surface area contributed by atoms with Crippen LogP contribution in [0.5, 0.6) is 5.75 Å². The number of carbonyl (C=O) groups is 1. The lowest BCUT2D eigenvalue weighted by molar-refractivity contribution is 0.102. The van der Waals surface area contributed by atoms with Crippen molar-refractivity contribution in [2.45, 2.75) is 6.92 Å². The number of carbonyl (C=O) groups excluding carboxylic acids is 1. The largest absolute Gasteiger partial charge is 0.492 e. The monoisotopic (exact) mass is 387 g/mol. The Morgan fingerprint density at radius 3 is 2.62 bits per heavy atom. The third-order valence-electron chi connectivity index (χ3n) is 2.61. The topological polar surface area (TPSA) is 38.3 Å². The molecule has 0 bridgehead atoms. The minimum Gasteiger partial charge on any atom is -0.492 e. The quantitative estimate of drug-likeness (QED) is 0.760. The van der Waals surface area contributed by atoms with Gasteiger partial charge in [-0.2, -0.15) is 0 Å². The Balaban J connectivity index is 2.17. The molecule has 2 aromatic rings. The fourth-order valence-electron chi connectivity index (χ4n) is 1.74. The van der Waals surface area contributed by atoms with Gasteiger partial charge in [-0.05, 0) is 43.3 Å². The Kier molecular flexibility index (Phi) is 5.51. The van der Waals surface area contributed by atoms with Crippen molar-refractivity contribution >= 4 is 50.7 Å². The van der Waals surface area contributed by atoms with Gasteiger partial charge in [-0.3, -0.25) is 4.79 Å². The van der Waals surface area contributed by atoms with Crippen molar-refractivity contribution in [2.24, 2.45) is 0 Å². The standard InChI is InChI=1S/C15H12BrCl2NO2/c1-2-21-14-4-3-12(8-13(14)18)19-15(20)9-5-10(16)7-11(17)6-9/h3-8H,2H2,1H3,(H,19,20). The highest BCUT2D eigenvalue weighted by atomic mass is 79.9. The van der Waals surface area contributed by atoms with Gasteiger partial charge in [0.25, 0.3) is 5.91 Å². The molecule has 0 spiro atoms. The van der Waals surface area contributed by atoms with E-state index >= 15 is 0 Å². The molecule has 0 fully saturated rings. The predicted octanol–water partition coefficient (Wildman–Crippen LogP) is 5.41. The number of benzene rings is 2. The molecule has 2 aromatic carbocycles. The zero-order valence-electron chi connectivity index (χ0n) is 11.1. The van der Waals surface area contributed by atoms with Crippen LogP contribution in [-0.2, 0) is 0 Å². The van der Waals surface area contributed by atoms with Crippen molar-refractivity contribution in [3.05, 3.63) is 56.5 Å². The van der Waals surface area contributed by atoms with Gasteiger partial charge < -0.3 is 10.1 Å². The van der Waals surface area contributed by atoms with Gasteiger partial charge >= 0.3 is 0 Å². The molecule has 0 saturated heterocycles. The molecule has 0 heterocycles. The SMILES string of the molecule is CCOc1ccc(NC(=O)c2cc(Cl)cc(Br)c2)cc1Cl. The summed E-state index contributed by atoms with van der Waals surface area (Å²) in [5.41, 5.74) is 1.05. The van der Waals surface area contributed by atoms with E-state index in [1.165, 1.54) is 0 Å². The highest BCUT2D eigenvalue weighted by molar-refractivity contribution is 9.10. The normalized spacial score (nSPS) is 10.3. The lowest BCUT2D eigenvalue weighted by Crippen LogP contribution is -2.12. The summed E-state index contributed by atoms with van der Waals surface area (Å²) < 4.78 is 6.09. The first-order valence-corrected chi connectivity index (χ1v) is 7.74. The molecule has 0 aromatic heterocycles. The van der Waals surface area contributed by atoms with E-state index in [0.717, 1.165) is 4.47 Å². The van der Waals surface area contributed by atoms with E-state index < -0.39 is 0 Å². The van der Waals surface area contributed by atoms with E-state index in [1.54, 1.807) is 36.4 Å². The fraction of sp³-hybridized carbons (Fsp3) is 0.133. The molecule has 0 saturated carbocycles. The second-order valence-electron chi connectivity index (χ2n) is 4.19. The van der Waals surface area contributed by atoms with Crippen LogP contribution < -0.4 is 10.1 Å². The Labute approximate surface area is 141 Å². The summed E-state index contributed by atoms with van der Waals surface area (Å²) in [4.78, 5) is 12.2. The predicted molar refractivity (Wildman–Crippen MR) is 89.7 cm³/mol. The number of nitrogens with one attached hydrogen (secondary N) is 1. The van der Waals surface area contributed by atoms with E-state index in [4.69, 9.17) is 27.9 Å². The molecule has 110 valence electrons. The number of halogens is 3. The molecule has 0 aliphatic heterocycles. The molecule has 1 N–H and O–H groups in total. The maximum atomic E-state index is 12.2. The van der Waals surface area contributed by atoms with Crippen LogP contribution in [0.3, 0.4) is 0 Å². The van der Waals surface area contributed by atoms with Gasteiger partial charge in [0, 0.05) is 20.7 Å². The number of anilines is 1. The molecule has 3 nitrogen and oxygen atoms in total. The van der Waals surface area contributed by atoms with E-state index in [9.17, 15) is 4.79 Å². The summed E-state index contributed by atoms with van der Waals surface area (Å²) in [7, 11) is 0. The van der Waals surface area contributed by atoms with E-state index in [-0.39, 0.29) is 5.91 Å². The van der Waals surface area contributed by atoms with Crippen molar-refractivity contribution in [1.82, 2.24) is 0 Å². The molecule has 0 unspecified atom stereocenters. The first kappa shape index (κ1) is 16.1. The molecule has 0 atom stereocenters. The maximum absolute atomic E-state index is 12.2. The summed E-state index contributed by atoms with van der Waals surface area (Å²) in [5.74, 6) is 0.320. The molecule has 0 radical (unpaired) electrons. The average Bonchev–Trinajstić information content (AvgIpc) is 2.41. The van der Waals surface area contributed by atoms with Crippen LogP contribution in [-0.4, -0.2) is 12.5 Å². The van der Waals surface area contributed by atoms with Gasteiger partial charge in [-0.15, -0.1) is 0 Å². The summed E-state index contributed by atoms with van der Waals surface area (Å²) in [6.45, 7) is 2.41. The van der Waals surface area contributed by atoms with Crippen molar-refractivity contribution < 1.29 is 9.53 Å². The lowest BCUT2D eigenvalue weighted by Gasteiger charge is -2.09. The number of hydrogen-bond donors (Lipinski definition) is 1. The summed E-state index contributed by atoms with van der Waals surface area (Å²) in [6.07, 6.45) is 0. The van der Waals surface area contributed by atoms with Crippen LogP contribution in [0, 0.1) is 0 Å². The van der Waals surface area contributed by atoms with Crippen molar-refractivity contribution in [2.75, 3.05) is 11.9 Å². The third-order valence-corrected chi connectivity index (χ3v) is 3.59. The summed E-state index contributed by atoms with van der Waals surface area (Å²) in [6, 6.07) is 10.1. The minimum absolute atomic E-state index is 0.265. The van der Waals surface area contributed by atoms with E-state index in [2.05, 4.69) is 21.2 Å². The zero-order valence-corrected chi connectivity index (χ0v) is 14.2. The van der Waals surface area contributed by atoms with Gasteiger partial charge in [0.1, 0.15) is 5.75 Å². The second kappa shape index (κ2) is 7.16. The number of amides is 1. The van der Waals surface area contributed by atoms with Crippen molar-refractivity contribution in [1.29, 1.82) is 0 Å². The molecule has 0 aliphatic carbocycles. The Morgan fingerprint density at radius 2 is 2.00 bits per heavy atom. The average molecular weight is 389 g/mol. The molecule has 1 amide bonds. The maximum Gasteiger partial charge on any atom is 0.255 e. The fourth-order valence-corrected chi connectivity index (χ4v) is 2.83. The molecule has 21 heavy (non-hydrogen) atoms. The Morgan fingerprint density at radius 1 is 1.24 bits per heavy atom. The van der Waals surface area contributed by atoms with E-state index in [1.807, 2.05) is 6.92 Å². The van der Waals surface area contributed by atoms with Gasteiger partial charge in [0.15, 0.2) is 0 Å². The van der Waals surface area contributed by atoms with Gasteiger partial charge in [-0.1, -0.05) is 39.1 Å². The van der Waals surface area contributed by atoms with Crippen LogP contribution >= 0.6 is 39.1 Å². The van der Waals surface area contributed by atoms with Crippen LogP contribution in [0.15, 0.2) is 40.9 Å². The van der Waals surface area contributed by atoms with Crippen LogP contribution in [0.2, 0.25) is 10.0 Å². The van der Waals surface area contributed by atoms with Gasteiger partial charge in [0.2, 0.25) is 0 Å². The van der Waals surface area contributed by atoms with Crippen molar-refractivity contribution in [3.63, 3.8) is 0 Å². The minimum atomic E-state index is -0.265. The first-order valence-electron chi connectivity index (χ1n) is 6.19.